The number of nitrogens with zero attached hydrogens (tertiary/aromatic N) is 1. The summed E-state index contributed by atoms with van der Waals surface area (Å²) in [5.74, 6) is -0.370. The normalized spacial score (nSPS) is 18.7. The number of carbonyl (C=O) groups is 1. The highest BCUT2D eigenvalue weighted by Crippen LogP contribution is 2.29. The first kappa shape index (κ1) is 16.0. The van der Waals surface area contributed by atoms with Crippen molar-refractivity contribution >= 4 is 17.6 Å². The first-order valence-electron chi connectivity index (χ1n) is 7.92. The van der Waals surface area contributed by atoms with E-state index in [4.69, 9.17) is 11.6 Å². The third kappa shape index (κ3) is 3.92. The van der Waals surface area contributed by atoms with Crippen molar-refractivity contribution in [1.29, 1.82) is 0 Å². The second-order valence-corrected chi connectivity index (χ2v) is 6.52. The van der Waals surface area contributed by atoms with Crippen molar-refractivity contribution < 1.29 is 9.90 Å². The molecule has 0 bridgehead atoms. The summed E-state index contributed by atoms with van der Waals surface area (Å²) >= 11 is 5.97. The third-order valence-corrected chi connectivity index (χ3v) is 4.74. The van der Waals surface area contributed by atoms with Crippen LogP contribution in [0.25, 0.3) is 0 Å². The van der Waals surface area contributed by atoms with Gasteiger partial charge < -0.3 is 5.11 Å². The molecule has 1 fully saturated rings. The summed E-state index contributed by atoms with van der Waals surface area (Å²) in [6.45, 7) is 2.65. The molecule has 3 nitrogen and oxygen atoms in total. The standard InChI is InChI=1S/C19H20ClNO2/c20-17-9-7-14(8-10-17)15-5-3-11-21(12-15)13-16-4-1-2-6-18(16)19(22)23/h1-2,4,6-10,15H,3,5,11-13H2,(H,22,23)/t15-/m0/s1. The Hall–Kier alpha value is -1.84. The minimum atomic E-state index is -0.855. The average Bonchev–Trinajstić information content (AvgIpc) is 2.56. The number of hydrogen-bond acceptors (Lipinski definition) is 2. The number of hydrogen-bond donors (Lipinski definition) is 1. The fraction of sp³-hybridized carbons (Fsp3) is 0.316. The summed E-state index contributed by atoms with van der Waals surface area (Å²) in [5, 5.41) is 10.1. The summed E-state index contributed by atoms with van der Waals surface area (Å²) < 4.78 is 0. The molecule has 0 saturated carbocycles. The molecule has 2 aromatic rings. The Morgan fingerprint density at radius 2 is 1.91 bits per heavy atom. The molecule has 0 spiro atoms. The molecule has 0 aliphatic carbocycles. The zero-order valence-electron chi connectivity index (χ0n) is 12.9. The Labute approximate surface area is 141 Å². The lowest BCUT2D eigenvalue weighted by Crippen LogP contribution is -2.34. The molecule has 1 atom stereocenters. The Kier molecular flexibility index (Phi) is 4.99. The van der Waals surface area contributed by atoms with E-state index in [2.05, 4.69) is 17.0 Å². The summed E-state index contributed by atoms with van der Waals surface area (Å²) in [5.41, 5.74) is 2.60. The average molecular weight is 330 g/mol. The van der Waals surface area contributed by atoms with Crippen molar-refractivity contribution in [2.75, 3.05) is 13.1 Å². The monoisotopic (exact) mass is 329 g/mol. The van der Waals surface area contributed by atoms with Gasteiger partial charge in [-0.15, -0.1) is 0 Å². The highest BCUT2D eigenvalue weighted by Gasteiger charge is 2.22. The van der Waals surface area contributed by atoms with E-state index in [-0.39, 0.29) is 0 Å². The number of carboxylic acid groups (broad SMARTS) is 1. The summed E-state index contributed by atoms with van der Waals surface area (Å²) in [7, 11) is 0. The maximum Gasteiger partial charge on any atom is 0.336 e. The van der Waals surface area contributed by atoms with Crippen LogP contribution in [0.2, 0.25) is 5.02 Å². The van der Waals surface area contributed by atoms with Gasteiger partial charge in [0, 0.05) is 18.1 Å². The Bertz CT molecular complexity index is 684. The van der Waals surface area contributed by atoms with Crippen molar-refractivity contribution in [3.05, 3.63) is 70.2 Å². The van der Waals surface area contributed by atoms with E-state index >= 15 is 0 Å². The van der Waals surface area contributed by atoms with E-state index in [1.807, 2.05) is 24.3 Å². The topological polar surface area (TPSA) is 40.5 Å². The van der Waals surface area contributed by atoms with E-state index in [1.165, 1.54) is 12.0 Å². The van der Waals surface area contributed by atoms with Crippen molar-refractivity contribution in [1.82, 2.24) is 4.90 Å². The molecule has 3 rings (SSSR count). The quantitative estimate of drug-likeness (QED) is 0.902. The number of carboxylic acids is 1. The molecular formula is C19H20ClNO2. The molecule has 1 saturated heterocycles. The zero-order valence-corrected chi connectivity index (χ0v) is 13.7. The van der Waals surface area contributed by atoms with Crippen LogP contribution in [0.4, 0.5) is 0 Å². The minimum absolute atomic E-state index is 0.404. The molecule has 120 valence electrons. The largest absolute Gasteiger partial charge is 0.478 e. The van der Waals surface area contributed by atoms with Crippen LogP contribution in [0.1, 0.15) is 40.2 Å². The first-order valence-corrected chi connectivity index (χ1v) is 8.30. The molecule has 23 heavy (non-hydrogen) atoms. The highest BCUT2D eigenvalue weighted by molar-refractivity contribution is 6.30. The Morgan fingerprint density at radius 1 is 1.17 bits per heavy atom. The van der Waals surface area contributed by atoms with E-state index < -0.39 is 5.97 Å². The van der Waals surface area contributed by atoms with Crippen molar-refractivity contribution in [3.63, 3.8) is 0 Å². The molecule has 1 heterocycles. The molecule has 0 amide bonds. The summed E-state index contributed by atoms with van der Waals surface area (Å²) in [4.78, 5) is 13.7. The maximum absolute atomic E-state index is 11.4. The van der Waals surface area contributed by atoms with Gasteiger partial charge in [0.1, 0.15) is 0 Å². The second-order valence-electron chi connectivity index (χ2n) is 6.09. The number of benzene rings is 2. The van der Waals surface area contributed by atoms with E-state index in [1.54, 1.807) is 12.1 Å². The Balaban J connectivity index is 1.72. The first-order chi connectivity index (χ1) is 11.1. The number of halogens is 1. The molecule has 0 aromatic heterocycles. The molecule has 1 aliphatic heterocycles. The minimum Gasteiger partial charge on any atom is -0.478 e. The van der Waals surface area contributed by atoms with Crippen LogP contribution in [-0.4, -0.2) is 29.1 Å². The zero-order chi connectivity index (χ0) is 16.2. The van der Waals surface area contributed by atoms with Crippen LogP contribution in [0, 0.1) is 0 Å². The van der Waals surface area contributed by atoms with Gasteiger partial charge in [0.2, 0.25) is 0 Å². The van der Waals surface area contributed by atoms with E-state index in [9.17, 15) is 9.90 Å². The lowest BCUT2D eigenvalue weighted by molar-refractivity contribution is 0.0694. The van der Waals surface area contributed by atoms with E-state index in [0.29, 0.717) is 18.0 Å². The van der Waals surface area contributed by atoms with Crippen molar-refractivity contribution in [2.45, 2.75) is 25.3 Å². The fourth-order valence-corrected chi connectivity index (χ4v) is 3.44. The van der Waals surface area contributed by atoms with Gasteiger partial charge in [-0.1, -0.05) is 41.9 Å². The predicted molar refractivity (Wildman–Crippen MR) is 92.1 cm³/mol. The molecule has 4 heteroatoms. The van der Waals surface area contributed by atoms with Gasteiger partial charge in [0.25, 0.3) is 0 Å². The fourth-order valence-electron chi connectivity index (χ4n) is 3.31. The summed E-state index contributed by atoms with van der Waals surface area (Å²) in [6, 6.07) is 15.4. The molecule has 1 N–H and O–H groups in total. The number of rotatable bonds is 4. The predicted octanol–water partition coefficient (Wildman–Crippen LogP) is 4.42. The number of aromatic carboxylic acids is 1. The van der Waals surface area contributed by atoms with Crippen LogP contribution in [0.15, 0.2) is 48.5 Å². The molecule has 0 radical (unpaired) electrons. The van der Waals surface area contributed by atoms with Gasteiger partial charge in [-0.2, -0.15) is 0 Å². The molecule has 0 unspecified atom stereocenters. The lowest BCUT2D eigenvalue weighted by Gasteiger charge is -2.33. The SMILES string of the molecule is O=C(O)c1ccccc1CN1CCC[C@H](c2ccc(Cl)cc2)C1. The van der Waals surface area contributed by atoms with Crippen molar-refractivity contribution in [3.8, 4) is 0 Å². The second kappa shape index (κ2) is 7.16. The Morgan fingerprint density at radius 3 is 2.65 bits per heavy atom. The highest BCUT2D eigenvalue weighted by atomic mass is 35.5. The van der Waals surface area contributed by atoms with Crippen LogP contribution in [0.5, 0.6) is 0 Å². The summed E-state index contributed by atoms with van der Waals surface area (Å²) in [6.07, 6.45) is 2.29. The maximum atomic E-state index is 11.4. The molecular weight excluding hydrogens is 310 g/mol. The molecule has 1 aliphatic rings. The van der Waals surface area contributed by atoms with Crippen LogP contribution in [-0.2, 0) is 6.54 Å². The van der Waals surface area contributed by atoms with Gasteiger partial charge in [0.05, 0.1) is 5.56 Å². The number of piperidine rings is 1. The van der Waals surface area contributed by atoms with Crippen LogP contribution in [0.3, 0.4) is 0 Å². The number of likely N-dealkylation sites (tertiary alicyclic amines) is 1. The van der Waals surface area contributed by atoms with Crippen molar-refractivity contribution in [2.24, 2.45) is 0 Å². The smallest absolute Gasteiger partial charge is 0.336 e. The van der Waals surface area contributed by atoms with Gasteiger partial charge in [-0.25, -0.2) is 4.79 Å². The van der Waals surface area contributed by atoms with Crippen LogP contribution >= 0.6 is 11.6 Å². The van der Waals surface area contributed by atoms with Gasteiger partial charge in [-0.05, 0) is 54.6 Å². The third-order valence-electron chi connectivity index (χ3n) is 4.49. The van der Waals surface area contributed by atoms with Gasteiger partial charge in [-0.3, -0.25) is 4.90 Å². The van der Waals surface area contributed by atoms with Gasteiger partial charge >= 0.3 is 5.97 Å². The lowest BCUT2D eigenvalue weighted by atomic mass is 9.90. The van der Waals surface area contributed by atoms with Crippen LogP contribution < -0.4 is 0 Å². The van der Waals surface area contributed by atoms with E-state index in [0.717, 1.165) is 30.1 Å². The molecule has 2 aromatic carbocycles. The van der Waals surface area contributed by atoms with Gasteiger partial charge in [0.15, 0.2) is 0 Å².